The molecule has 0 saturated carbocycles. The summed E-state index contributed by atoms with van der Waals surface area (Å²) >= 11 is 0. The first-order valence-electron chi connectivity index (χ1n) is 5.04. The molecule has 0 fully saturated rings. The molecule has 0 unspecified atom stereocenters. The van der Waals surface area contributed by atoms with Crippen LogP contribution >= 0.6 is 0 Å². The van der Waals surface area contributed by atoms with Crippen molar-refractivity contribution < 1.29 is 4.74 Å². The molecule has 1 aromatic rings. The second-order valence-electron chi connectivity index (χ2n) is 3.59. The van der Waals surface area contributed by atoms with E-state index in [1.807, 2.05) is 0 Å². The fourth-order valence-electron chi connectivity index (χ4n) is 1.45. The van der Waals surface area contributed by atoms with Crippen molar-refractivity contribution in [3.63, 3.8) is 0 Å². The molecule has 1 N–H and O–H groups in total. The molecule has 0 atom stereocenters. The third-order valence-electron chi connectivity index (χ3n) is 2.22. The molecule has 0 amide bonds. The molecule has 2 heteroatoms. The molecular weight excluding hydrogens is 174 g/mol. The van der Waals surface area contributed by atoms with E-state index >= 15 is 0 Å². The Morgan fingerprint density at radius 1 is 1.29 bits per heavy atom. The van der Waals surface area contributed by atoms with Crippen molar-refractivity contribution in [2.24, 2.45) is 0 Å². The standard InChI is InChI=1S/C12H19NO/c1-10-5-6-12(11(2)9-10)13-7-4-8-14-3/h5-6,9,13H,4,7-8H2,1-3H3. The van der Waals surface area contributed by atoms with Gasteiger partial charge in [0, 0.05) is 25.9 Å². The maximum absolute atomic E-state index is 4.99. The fourth-order valence-corrected chi connectivity index (χ4v) is 1.45. The molecule has 0 saturated heterocycles. The quantitative estimate of drug-likeness (QED) is 0.726. The highest BCUT2D eigenvalue weighted by Crippen LogP contribution is 2.15. The van der Waals surface area contributed by atoms with E-state index in [1.165, 1.54) is 16.8 Å². The maximum atomic E-state index is 4.99. The molecule has 0 aromatic heterocycles. The van der Waals surface area contributed by atoms with Gasteiger partial charge in [0.2, 0.25) is 0 Å². The Balaban J connectivity index is 2.42. The second-order valence-corrected chi connectivity index (χ2v) is 3.59. The van der Waals surface area contributed by atoms with Crippen LogP contribution < -0.4 is 5.32 Å². The van der Waals surface area contributed by atoms with E-state index in [9.17, 15) is 0 Å². The molecule has 0 aliphatic heterocycles. The first-order valence-corrected chi connectivity index (χ1v) is 5.04. The topological polar surface area (TPSA) is 21.3 Å². The Bertz CT molecular complexity index is 284. The minimum Gasteiger partial charge on any atom is -0.385 e. The summed E-state index contributed by atoms with van der Waals surface area (Å²) in [6.45, 7) is 6.03. The lowest BCUT2D eigenvalue weighted by Gasteiger charge is -2.09. The zero-order valence-electron chi connectivity index (χ0n) is 9.26. The summed E-state index contributed by atoms with van der Waals surface area (Å²) in [4.78, 5) is 0. The molecule has 0 aliphatic carbocycles. The highest BCUT2D eigenvalue weighted by Gasteiger charge is 1.96. The van der Waals surface area contributed by atoms with Crippen LogP contribution in [0.3, 0.4) is 0 Å². The summed E-state index contributed by atoms with van der Waals surface area (Å²) in [5.41, 5.74) is 3.85. The Morgan fingerprint density at radius 3 is 2.71 bits per heavy atom. The van der Waals surface area contributed by atoms with E-state index in [0.717, 1.165) is 19.6 Å². The lowest BCUT2D eigenvalue weighted by molar-refractivity contribution is 0.198. The van der Waals surface area contributed by atoms with Gasteiger partial charge in [0.05, 0.1) is 0 Å². The highest BCUT2D eigenvalue weighted by atomic mass is 16.5. The van der Waals surface area contributed by atoms with Crippen LogP contribution in [0.5, 0.6) is 0 Å². The first kappa shape index (κ1) is 11.1. The van der Waals surface area contributed by atoms with Gasteiger partial charge in [-0.3, -0.25) is 0 Å². The molecule has 0 radical (unpaired) electrons. The van der Waals surface area contributed by atoms with E-state index in [0.29, 0.717) is 0 Å². The first-order chi connectivity index (χ1) is 6.74. The van der Waals surface area contributed by atoms with Crippen LogP contribution in [0, 0.1) is 13.8 Å². The highest BCUT2D eigenvalue weighted by molar-refractivity contribution is 5.51. The summed E-state index contributed by atoms with van der Waals surface area (Å²) in [6, 6.07) is 6.46. The fraction of sp³-hybridized carbons (Fsp3) is 0.500. The number of hydrogen-bond donors (Lipinski definition) is 1. The molecule has 78 valence electrons. The van der Waals surface area contributed by atoms with Gasteiger partial charge in [-0.1, -0.05) is 17.7 Å². The monoisotopic (exact) mass is 193 g/mol. The van der Waals surface area contributed by atoms with Gasteiger partial charge in [0.1, 0.15) is 0 Å². The summed E-state index contributed by atoms with van der Waals surface area (Å²) in [5.74, 6) is 0. The van der Waals surface area contributed by atoms with Crippen LogP contribution in [-0.4, -0.2) is 20.3 Å². The average Bonchev–Trinajstić information content (AvgIpc) is 2.15. The van der Waals surface area contributed by atoms with Gasteiger partial charge in [-0.05, 0) is 31.9 Å². The number of anilines is 1. The van der Waals surface area contributed by atoms with E-state index in [4.69, 9.17) is 4.74 Å². The van der Waals surface area contributed by atoms with Gasteiger partial charge in [0.25, 0.3) is 0 Å². The zero-order valence-corrected chi connectivity index (χ0v) is 9.26. The minimum atomic E-state index is 0.817. The van der Waals surface area contributed by atoms with Crippen LogP contribution in [0.15, 0.2) is 18.2 Å². The third kappa shape index (κ3) is 3.38. The van der Waals surface area contributed by atoms with E-state index in [1.54, 1.807) is 7.11 Å². The van der Waals surface area contributed by atoms with Crippen molar-refractivity contribution in [2.45, 2.75) is 20.3 Å². The Morgan fingerprint density at radius 2 is 2.07 bits per heavy atom. The number of ether oxygens (including phenoxy) is 1. The van der Waals surface area contributed by atoms with Gasteiger partial charge >= 0.3 is 0 Å². The molecular formula is C12H19NO. The SMILES string of the molecule is COCCCNc1ccc(C)cc1C. The number of benzene rings is 1. The van der Waals surface area contributed by atoms with Gasteiger partial charge in [-0.15, -0.1) is 0 Å². The molecule has 0 heterocycles. The lowest BCUT2D eigenvalue weighted by atomic mass is 10.1. The molecule has 0 bridgehead atoms. The molecule has 0 aliphatic rings. The van der Waals surface area contributed by atoms with Gasteiger partial charge < -0.3 is 10.1 Å². The Labute approximate surface area is 86.3 Å². The predicted molar refractivity (Wildman–Crippen MR) is 60.9 cm³/mol. The van der Waals surface area contributed by atoms with Crippen LogP contribution in [0.4, 0.5) is 5.69 Å². The second kappa shape index (κ2) is 5.66. The lowest BCUT2D eigenvalue weighted by Crippen LogP contribution is -2.05. The number of hydrogen-bond acceptors (Lipinski definition) is 2. The summed E-state index contributed by atoms with van der Waals surface area (Å²) in [6.07, 6.45) is 1.05. The van der Waals surface area contributed by atoms with Crippen LogP contribution in [0.25, 0.3) is 0 Å². The maximum Gasteiger partial charge on any atom is 0.0479 e. The number of nitrogens with one attached hydrogen (secondary N) is 1. The van der Waals surface area contributed by atoms with E-state index in [2.05, 4.69) is 37.4 Å². The van der Waals surface area contributed by atoms with Crippen molar-refractivity contribution >= 4 is 5.69 Å². The van der Waals surface area contributed by atoms with Crippen LogP contribution in [0.1, 0.15) is 17.5 Å². The predicted octanol–water partition coefficient (Wildman–Crippen LogP) is 2.75. The summed E-state index contributed by atoms with van der Waals surface area (Å²) in [5, 5.41) is 3.39. The van der Waals surface area contributed by atoms with Gasteiger partial charge in [-0.2, -0.15) is 0 Å². The van der Waals surface area contributed by atoms with Crippen molar-refractivity contribution in [3.05, 3.63) is 29.3 Å². The van der Waals surface area contributed by atoms with E-state index in [-0.39, 0.29) is 0 Å². The summed E-state index contributed by atoms with van der Waals surface area (Å²) in [7, 11) is 1.73. The smallest absolute Gasteiger partial charge is 0.0479 e. The van der Waals surface area contributed by atoms with Crippen molar-refractivity contribution in [1.82, 2.24) is 0 Å². The largest absolute Gasteiger partial charge is 0.385 e. The molecule has 0 spiro atoms. The Hall–Kier alpha value is -1.02. The number of methoxy groups -OCH3 is 1. The number of rotatable bonds is 5. The zero-order chi connectivity index (χ0) is 10.4. The van der Waals surface area contributed by atoms with Crippen LogP contribution in [0.2, 0.25) is 0 Å². The minimum absolute atomic E-state index is 0.817. The average molecular weight is 193 g/mol. The van der Waals surface area contributed by atoms with Gasteiger partial charge in [0.15, 0.2) is 0 Å². The third-order valence-corrected chi connectivity index (χ3v) is 2.22. The number of aryl methyl sites for hydroxylation is 2. The summed E-state index contributed by atoms with van der Waals surface area (Å²) < 4.78 is 4.99. The van der Waals surface area contributed by atoms with Crippen molar-refractivity contribution in [1.29, 1.82) is 0 Å². The normalized spacial score (nSPS) is 10.2. The van der Waals surface area contributed by atoms with Gasteiger partial charge in [-0.25, -0.2) is 0 Å². The molecule has 2 nitrogen and oxygen atoms in total. The van der Waals surface area contributed by atoms with Crippen molar-refractivity contribution in [2.75, 3.05) is 25.6 Å². The Kier molecular flexibility index (Phi) is 4.47. The van der Waals surface area contributed by atoms with E-state index < -0.39 is 0 Å². The van der Waals surface area contributed by atoms with Crippen LogP contribution in [-0.2, 0) is 4.74 Å². The van der Waals surface area contributed by atoms with Crippen molar-refractivity contribution in [3.8, 4) is 0 Å². The molecule has 1 aromatic carbocycles. The molecule has 14 heavy (non-hydrogen) atoms. The molecule has 1 rings (SSSR count).